The van der Waals surface area contributed by atoms with Crippen molar-refractivity contribution >= 4 is 5.91 Å². The second kappa shape index (κ2) is 6.63. The maximum atomic E-state index is 12.2. The van der Waals surface area contributed by atoms with Gasteiger partial charge in [0.05, 0.1) is 6.54 Å². The van der Waals surface area contributed by atoms with E-state index in [0.717, 1.165) is 36.1 Å². The van der Waals surface area contributed by atoms with E-state index in [0.29, 0.717) is 6.54 Å². The summed E-state index contributed by atoms with van der Waals surface area (Å²) in [6, 6.07) is 10.2. The topological polar surface area (TPSA) is 51.2 Å². The van der Waals surface area contributed by atoms with Crippen LogP contribution in [-0.2, 0) is 11.2 Å². The van der Waals surface area contributed by atoms with E-state index in [1.165, 1.54) is 18.4 Å². The van der Waals surface area contributed by atoms with Crippen molar-refractivity contribution < 1.29 is 9.53 Å². The molecule has 1 N–H and O–H groups in total. The van der Waals surface area contributed by atoms with Gasteiger partial charge in [-0.1, -0.05) is 31.0 Å². The highest BCUT2D eigenvalue weighted by Crippen LogP contribution is 2.38. The molecule has 0 saturated heterocycles. The van der Waals surface area contributed by atoms with Crippen molar-refractivity contribution in [3.63, 3.8) is 0 Å². The van der Waals surface area contributed by atoms with Crippen molar-refractivity contribution in [2.45, 2.75) is 38.2 Å². The van der Waals surface area contributed by atoms with Gasteiger partial charge < -0.3 is 10.1 Å². The normalized spacial score (nSPS) is 19.8. The van der Waals surface area contributed by atoms with Crippen LogP contribution in [0.3, 0.4) is 0 Å². The number of carbonyl (C=O) groups excluding carboxylic acids is 1. The molecule has 4 nitrogen and oxygen atoms in total. The van der Waals surface area contributed by atoms with Gasteiger partial charge in [-0.05, 0) is 36.1 Å². The fourth-order valence-electron chi connectivity index (χ4n) is 3.76. The van der Waals surface area contributed by atoms with Gasteiger partial charge in [0.2, 0.25) is 5.91 Å². The Morgan fingerprint density at radius 2 is 1.96 bits per heavy atom. The molecule has 1 unspecified atom stereocenters. The van der Waals surface area contributed by atoms with Crippen LogP contribution in [0.1, 0.15) is 31.2 Å². The summed E-state index contributed by atoms with van der Waals surface area (Å²) in [4.78, 5) is 16.3. The van der Waals surface area contributed by atoms with Crippen LogP contribution in [0.25, 0.3) is 11.1 Å². The summed E-state index contributed by atoms with van der Waals surface area (Å²) in [5.74, 6) is 1.35. The van der Waals surface area contributed by atoms with Crippen molar-refractivity contribution in [3.05, 3.63) is 48.3 Å². The van der Waals surface area contributed by atoms with E-state index >= 15 is 0 Å². The lowest BCUT2D eigenvalue weighted by atomic mass is 10.0. The van der Waals surface area contributed by atoms with E-state index in [4.69, 9.17) is 4.74 Å². The summed E-state index contributed by atoms with van der Waals surface area (Å²) in [5.41, 5.74) is 3.42. The molecule has 1 fully saturated rings. The number of para-hydroxylation sites is 1. The molecule has 1 atom stereocenters. The molecule has 1 amide bonds. The number of nitrogens with zero attached hydrogens (tertiary/aromatic N) is 1. The van der Waals surface area contributed by atoms with Gasteiger partial charge in [-0.2, -0.15) is 0 Å². The van der Waals surface area contributed by atoms with Gasteiger partial charge in [0.15, 0.2) is 0 Å². The molecule has 24 heavy (non-hydrogen) atoms. The number of benzene rings is 1. The van der Waals surface area contributed by atoms with E-state index in [1.54, 1.807) is 12.4 Å². The van der Waals surface area contributed by atoms with Crippen molar-refractivity contribution in [1.82, 2.24) is 10.3 Å². The van der Waals surface area contributed by atoms with Crippen molar-refractivity contribution in [2.24, 2.45) is 5.92 Å². The first-order valence-corrected chi connectivity index (χ1v) is 8.78. The molecule has 2 aliphatic rings. The third-order valence-corrected chi connectivity index (χ3v) is 5.05. The van der Waals surface area contributed by atoms with Crippen LogP contribution in [0.5, 0.6) is 5.75 Å². The lowest BCUT2D eigenvalue weighted by molar-refractivity contribution is -0.125. The number of ether oxygens (including phenoxy) is 1. The molecule has 4 rings (SSSR count). The largest absolute Gasteiger partial charge is 0.487 e. The minimum absolute atomic E-state index is 0.0216. The third-order valence-electron chi connectivity index (χ3n) is 5.05. The van der Waals surface area contributed by atoms with Gasteiger partial charge in [0.1, 0.15) is 11.9 Å². The van der Waals surface area contributed by atoms with Gasteiger partial charge in [0, 0.05) is 30.3 Å². The maximum Gasteiger partial charge on any atom is 0.223 e. The van der Waals surface area contributed by atoms with Gasteiger partial charge in [-0.25, -0.2) is 0 Å². The van der Waals surface area contributed by atoms with Crippen LogP contribution in [0.4, 0.5) is 0 Å². The molecule has 0 spiro atoms. The Bertz CT molecular complexity index is 724. The molecule has 0 bridgehead atoms. The quantitative estimate of drug-likeness (QED) is 0.939. The Balaban J connectivity index is 1.43. The monoisotopic (exact) mass is 322 g/mol. The van der Waals surface area contributed by atoms with E-state index in [1.807, 2.05) is 12.1 Å². The summed E-state index contributed by atoms with van der Waals surface area (Å²) < 4.78 is 6.17. The van der Waals surface area contributed by atoms with Crippen molar-refractivity contribution in [1.29, 1.82) is 0 Å². The van der Waals surface area contributed by atoms with Crippen LogP contribution in [-0.4, -0.2) is 23.5 Å². The van der Waals surface area contributed by atoms with Crippen LogP contribution in [0.2, 0.25) is 0 Å². The number of fused-ring (bicyclic) bond motifs is 1. The van der Waals surface area contributed by atoms with E-state index < -0.39 is 0 Å². The molecular formula is C20H22N2O2. The molecule has 2 heterocycles. The van der Waals surface area contributed by atoms with Gasteiger partial charge in [-0.3, -0.25) is 9.78 Å². The average Bonchev–Trinajstić information content (AvgIpc) is 3.29. The molecule has 0 radical (unpaired) electrons. The van der Waals surface area contributed by atoms with Crippen molar-refractivity contribution in [2.75, 3.05) is 6.54 Å². The Labute approximate surface area is 142 Å². The first-order chi connectivity index (χ1) is 11.8. The number of hydrogen-bond donors (Lipinski definition) is 1. The standard InChI is InChI=1S/C20H22N2O2/c23-20(15-4-1-2-5-15)22-13-17-12-16-6-3-7-18(19(16)24-17)14-8-10-21-11-9-14/h3,6-11,15,17H,1-2,4-5,12-13H2,(H,22,23). The highest BCUT2D eigenvalue weighted by Gasteiger charge is 2.28. The summed E-state index contributed by atoms with van der Waals surface area (Å²) in [6.45, 7) is 0.583. The van der Waals surface area contributed by atoms with Crippen molar-refractivity contribution in [3.8, 4) is 16.9 Å². The number of pyridine rings is 1. The molecule has 1 aromatic carbocycles. The van der Waals surface area contributed by atoms with E-state index in [9.17, 15) is 4.79 Å². The lowest BCUT2D eigenvalue weighted by Crippen LogP contribution is -2.37. The number of aromatic nitrogens is 1. The molecule has 1 aliphatic heterocycles. The highest BCUT2D eigenvalue weighted by atomic mass is 16.5. The maximum absolute atomic E-state index is 12.2. The molecule has 1 saturated carbocycles. The minimum Gasteiger partial charge on any atom is -0.487 e. The van der Waals surface area contributed by atoms with Gasteiger partial charge in [0.25, 0.3) is 0 Å². The summed E-state index contributed by atoms with van der Waals surface area (Å²) in [5, 5.41) is 3.09. The fraction of sp³-hybridized carbons (Fsp3) is 0.400. The molecule has 1 aromatic heterocycles. The lowest BCUT2D eigenvalue weighted by Gasteiger charge is -2.15. The second-order valence-electron chi connectivity index (χ2n) is 6.70. The first-order valence-electron chi connectivity index (χ1n) is 8.78. The smallest absolute Gasteiger partial charge is 0.223 e. The third kappa shape index (κ3) is 3.01. The molecule has 124 valence electrons. The Morgan fingerprint density at radius 1 is 1.17 bits per heavy atom. The van der Waals surface area contributed by atoms with Gasteiger partial charge >= 0.3 is 0 Å². The number of nitrogens with one attached hydrogen (secondary N) is 1. The molecular weight excluding hydrogens is 300 g/mol. The molecule has 2 aromatic rings. The Morgan fingerprint density at radius 3 is 2.75 bits per heavy atom. The fourth-order valence-corrected chi connectivity index (χ4v) is 3.76. The van der Waals surface area contributed by atoms with Gasteiger partial charge in [-0.15, -0.1) is 0 Å². The zero-order valence-electron chi connectivity index (χ0n) is 13.7. The van der Waals surface area contributed by atoms with Crippen LogP contribution in [0.15, 0.2) is 42.7 Å². The summed E-state index contributed by atoms with van der Waals surface area (Å²) in [6.07, 6.45) is 8.88. The average molecular weight is 322 g/mol. The Hall–Kier alpha value is -2.36. The number of amides is 1. The minimum atomic E-state index is 0.0216. The highest BCUT2D eigenvalue weighted by molar-refractivity contribution is 5.79. The van der Waals surface area contributed by atoms with Crippen LogP contribution >= 0.6 is 0 Å². The van der Waals surface area contributed by atoms with Crippen LogP contribution in [0, 0.1) is 5.92 Å². The van der Waals surface area contributed by atoms with E-state index in [-0.39, 0.29) is 17.9 Å². The predicted molar refractivity (Wildman–Crippen MR) is 92.8 cm³/mol. The summed E-state index contributed by atoms with van der Waals surface area (Å²) >= 11 is 0. The number of carbonyl (C=O) groups is 1. The first kappa shape index (κ1) is 15.2. The Kier molecular flexibility index (Phi) is 4.20. The van der Waals surface area contributed by atoms with Crippen LogP contribution < -0.4 is 10.1 Å². The summed E-state index contributed by atoms with van der Waals surface area (Å²) in [7, 11) is 0. The zero-order valence-corrected chi connectivity index (χ0v) is 13.7. The zero-order chi connectivity index (χ0) is 16.4. The SMILES string of the molecule is O=C(NCC1Cc2cccc(-c3ccncc3)c2O1)C1CCCC1. The predicted octanol–water partition coefficient (Wildman–Crippen LogP) is 3.36. The van der Waals surface area contributed by atoms with E-state index in [2.05, 4.69) is 28.5 Å². The molecule has 4 heteroatoms. The molecule has 1 aliphatic carbocycles. The number of rotatable bonds is 4. The number of hydrogen-bond acceptors (Lipinski definition) is 3. The second-order valence-corrected chi connectivity index (χ2v) is 6.70.